The highest BCUT2D eigenvalue weighted by Crippen LogP contribution is 2.20. The maximum Gasteiger partial charge on any atom is 0.0826 e. The third-order valence-electron chi connectivity index (χ3n) is 4.37. The lowest BCUT2D eigenvalue weighted by Gasteiger charge is -2.28. The summed E-state index contributed by atoms with van der Waals surface area (Å²) in [7, 11) is 0. The molecule has 1 N–H and O–H groups in total. The van der Waals surface area contributed by atoms with E-state index in [-0.39, 0.29) is 0 Å². The van der Waals surface area contributed by atoms with Crippen molar-refractivity contribution in [1.82, 2.24) is 15.1 Å². The summed E-state index contributed by atoms with van der Waals surface area (Å²) in [5.74, 6) is 0. The van der Waals surface area contributed by atoms with Gasteiger partial charge < -0.3 is 10.1 Å². The summed E-state index contributed by atoms with van der Waals surface area (Å²) in [5.41, 5.74) is 0. The average Bonchev–Trinajstić information content (AvgIpc) is 3.00. The lowest BCUT2D eigenvalue weighted by Crippen LogP contribution is -2.45. The summed E-state index contributed by atoms with van der Waals surface area (Å²) >= 11 is 0. The van der Waals surface area contributed by atoms with Crippen molar-refractivity contribution in [2.24, 2.45) is 0 Å². The number of likely N-dealkylation sites (tertiary alicyclic amines) is 2. The summed E-state index contributed by atoms with van der Waals surface area (Å²) < 4.78 is 5.78. The smallest absolute Gasteiger partial charge is 0.0826 e. The van der Waals surface area contributed by atoms with Crippen LogP contribution >= 0.6 is 0 Å². The number of ether oxygens (including phenoxy) is 1. The van der Waals surface area contributed by atoms with Crippen LogP contribution in [0.4, 0.5) is 0 Å². The molecule has 17 heavy (non-hydrogen) atoms. The minimum atomic E-state index is 0.418. The molecular weight excluding hydrogens is 214 g/mol. The van der Waals surface area contributed by atoms with E-state index in [1.165, 1.54) is 45.4 Å². The highest BCUT2D eigenvalue weighted by molar-refractivity contribution is 4.87. The third kappa shape index (κ3) is 2.99. The van der Waals surface area contributed by atoms with Gasteiger partial charge in [-0.15, -0.1) is 0 Å². The van der Waals surface area contributed by atoms with Gasteiger partial charge in [0, 0.05) is 32.2 Å². The lowest BCUT2D eigenvalue weighted by molar-refractivity contribution is 0.00862. The molecule has 0 spiro atoms. The Morgan fingerprint density at radius 1 is 1.18 bits per heavy atom. The fourth-order valence-electron chi connectivity index (χ4n) is 3.41. The predicted octanol–water partition coefficient (Wildman–Crippen LogP) is 0.145. The van der Waals surface area contributed by atoms with Crippen molar-refractivity contribution < 1.29 is 4.74 Å². The number of hydrogen-bond acceptors (Lipinski definition) is 4. The summed E-state index contributed by atoms with van der Waals surface area (Å²) in [6, 6.07) is 0.828. The van der Waals surface area contributed by atoms with Crippen LogP contribution < -0.4 is 5.32 Å². The standard InChI is InChI=1S/C13H25N3O/c1-2-6-16(5-1)12-3-7-15(10-12)11-13-9-14-4-8-17-13/h12-14H,1-11H2. The van der Waals surface area contributed by atoms with Crippen LogP contribution in [0.3, 0.4) is 0 Å². The van der Waals surface area contributed by atoms with Crippen molar-refractivity contribution in [2.75, 3.05) is 52.4 Å². The van der Waals surface area contributed by atoms with E-state index in [9.17, 15) is 0 Å². The Kier molecular flexibility index (Phi) is 3.96. The second kappa shape index (κ2) is 5.65. The molecule has 0 radical (unpaired) electrons. The molecular formula is C13H25N3O. The van der Waals surface area contributed by atoms with Crippen molar-refractivity contribution in [3.8, 4) is 0 Å². The normalized spacial score (nSPS) is 36.7. The van der Waals surface area contributed by atoms with Crippen molar-refractivity contribution in [2.45, 2.75) is 31.4 Å². The quantitative estimate of drug-likeness (QED) is 0.758. The van der Waals surface area contributed by atoms with Crippen LogP contribution in [0.2, 0.25) is 0 Å². The molecule has 3 heterocycles. The van der Waals surface area contributed by atoms with E-state index in [2.05, 4.69) is 15.1 Å². The number of nitrogens with one attached hydrogen (secondary N) is 1. The molecule has 0 aromatic heterocycles. The molecule has 3 fully saturated rings. The Labute approximate surface area is 104 Å². The van der Waals surface area contributed by atoms with E-state index in [1.807, 2.05) is 0 Å². The maximum atomic E-state index is 5.78. The molecule has 3 aliphatic heterocycles. The molecule has 0 aliphatic carbocycles. The summed E-state index contributed by atoms with van der Waals surface area (Å²) in [4.78, 5) is 5.29. The number of morpholine rings is 1. The van der Waals surface area contributed by atoms with Gasteiger partial charge in [0.1, 0.15) is 0 Å². The van der Waals surface area contributed by atoms with Crippen LogP contribution in [0.15, 0.2) is 0 Å². The van der Waals surface area contributed by atoms with Gasteiger partial charge in [0.15, 0.2) is 0 Å². The fourth-order valence-corrected chi connectivity index (χ4v) is 3.41. The number of hydrogen-bond donors (Lipinski definition) is 1. The zero-order valence-corrected chi connectivity index (χ0v) is 10.7. The zero-order chi connectivity index (χ0) is 11.5. The van der Waals surface area contributed by atoms with Gasteiger partial charge in [0.2, 0.25) is 0 Å². The Morgan fingerprint density at radius 2 is 2.06 bits per heavy atom. The second-order valence-corrected chi connectivity index (χ2v) is 5.64. The Balaban J connectivity index is 1.43. The minimum Gasteiger partial charge on any atom is -0.374 e. The lowest BCUT2D eigenvalue weighted by atomic mass is 10.2. The molecule has 0 saturated carbocycles. The SMILES string of the molecule is C1CCN(C2CCN(CC3CNCCO3)C2)C1. The largest absolute Gasteiger partial charge is 0.374 e. The van der Waals surface area contributed by atoms with Gasteiger partial charge in [-0.05, 0) is 38.9 Å². The average molecular weight is 239 g/mol. The topological polar surface area (TPSA) is 27.7 Å². The van der Waals surface area contributed by atoms with E-state index >= 15 is 0 Å². The van der Waals surface area contributed by atoms with E-state index in [4.69, 9.17) is 4.74 Å². The first-order chi connectivity index (χ1) is 8.42. The van der Waals surface area contributed by atoms with Crippen molar-refractivity contribution >= 4 is 0 Å². The van der Waals surface area contributed by atoms with E-state index in [0.29, 0.717) is 6.10 Å². The molecule has 0 aromatic carbocycles. The van der Waals surface area contributed by atoms with Gasteiger partial charge in [-0.25, -0.2) is 0 Å². The maximum absolute atomic E-state index is 5.78. The fraction of sp³-hybridized carbons (Fsp3) is 1.00. The predicted molar refractivity (Wildman–Crippen MR) is 68.3 cm³/mol. The van der Waals surface area contributed by atoms with E-state index < -0.39 is 0 Å². The third-order valence-corrected chi connectivity index (χ3v) is 4.37. The Bertz CT molecular complexity index is 237. The summed E-state index contributed by atoms with van der Waals surface area (Å²) in [5, 5.41) is 3.41. The zero-order valence-electron chi connectivity index (χ0n) is 10.7. The molecule has 4 nitrogen and oxygen atoms in total. The van der Waals surface area contributed by atoms with Gasteiger partial charge in [0.25, 0.3) is 0 Å². The molecule has 3 aliphatic rings. The Morgan fingerprint density at radius 3 is 2.82 bits per heavy atom. The van der Waals surface area contributed by atoms with Crippen molar-refractivity contribution in [1.29, 1.82) is 0 Å². The molecule has 0 amide bonds. The molecule has 3 rings (SSSR count). The molecule has 4 heteroatoms. The minimum absolute atomic E-state index is 0.418. The number of nitrogens with zero attached hydrogens (tertiary/aromatic N) is 2. The first kappa shape index (κ1) is 11.9. The first-order valence-corrected chi connectivity index (χ1v) is 7.20. The van der Waals surface area contributed by atoms with Crippen LogP contribution in [-0.4, -0.2) is 74.4 Å². The van der Waals surface area contributed by atoms with Crippen molar-refractivity contribution in [3.05, 3.63) is 0 Å². The van der Waals surface area contributed by atoms with Crippen LogP contribution in [-0.2, 0) is 4.74 Å². The van der Waals surface area contributed by atoms with E-state index in [1.54, 1.807) is 0 Å². The molecule has 0 bridgehead atoms. The van der Waals surface area contributed by atoms with Gasteiger partial charge >= 0.3 is 0 Å². The molecule has 98 valence electrons. The van der Waals surface area contributed by atoms with E-state index in [0.717, 1.165) is 32.3 Å². The van der Waals surface area contributed by atoms with Crippen molar-refractivity contribution in [3.63, 3.8) is 0 Å². The van der Waals surface area contributed by atoms with Crippen LogP contribution in [0.5, 0.6) is 0 Å². The first-order valence-electron chi connectivity index (χ1n) is 7.20. The summed E-state index contributed by atoms with van der Waals surface area (Å²) in [6.45, 7) is 9.25. The van der Waals surface area contributed by atoms with Gasteiger partial charge in [-0.1, -0.05) is 0 Å². The Hall–Kier alpha value is -0.160. The molecule has 2 unspecified atom stereocenters. The second-order valence-electron chi connectivity index (χ2n) is 5.64. The van der Waals surface area contributed by atoms with Crippen LogP contribution in [0.1, 0.15) is 19.3 Å². The highest BCUT2D eigenvalue weighted by Gasteiger charge is 2.30. The summed E-state index contributed by atoms with van der Waals surface area (Å²) in [6.07, 6.45) is 4.60. The monoisotopic (exact) mass is 239 g/mol. The molecule has 0 aromatic rings. The molecule has 2 atom stereocenters. The van der Waals surface area contributed by atoms with Crippen LogP contribution in [0.25, 0.3) is 0 Å². The molecule has 3 saturated heterocycles. The number of rotatable bonds is 3. The van der Waals surface area contributed by atoms with Crippen LogP contribution in [0, 0.1) is 0 Å². The van der Waals surface area contributed by atoms with Gasteiger partial charge in [0.05, 0.1) is 12.7 Å². The highest BCUT2D eigenvalue weighted by atomic mass is 16.5. The van der Waals surface area contributed by atoms with Gasteiger partial charge in [-0.3, -0.25) is 9.80 Å². The van der Waals surface area contributed by atoms with Gasteiger partial charge in [-0.2, -0.15) is 0 Å².